The number of likely N-dealkylation sites (tertiary alicyclic amines) is 1. The van der Waals surface area contributed by atoms with Crippen molar-refractivity contribution in [2.75, 3.05) is 19.6 Å². The van der Waals surface area contributed by atoms with Gasteiger partial charge in [0.2, 0.25) is 5.91 Å². The van der Waals surface area contributed by atoms with Crippen molar-refractivity contribution < 1.29 is 4.79 Å². The van der Waals surface area contributed by atoms with Gasteiger partial charge in [0.15, 0.2) is 0 Å². The summed E-state index contributed by atoms with van der Waals surface area (Å²) in [4.78, 5) is 33.4. The average Bonchev–Trinajstić information content (AvgIpc) is 2.60. The van der Waals surface area contributed by atoms with Crippen LogP contribution in [-0.2, 0) is 11.2 Å². The first-order valence-corrected chi connectivity index (χ1v) is 8.65. The second-order valence-corrected chi connectivity index (χ2v) is 6.34. The lowest BCUT2D eigenvalue weighted by molar-refractivity contribution is -0.121. The van der Waals surface area contributed by atoms with Gasteiger partial charge in [-0.1, -0.05) is 19.1 Å². The first-order valence-electron chi connectivity index (χ1n) is 8.65. The molecule has 0 aliphatic carbocycles. The molecule has 1 fully saturated rings. The number of para-hydroxylation sites is 1. The predicted molar refractivity (Wildman–Crippen MR) is 94.0 cm³/mol. The van der Waals surface area contributed by atoms with Crippen LogP contribution >= 0.6 is 0 Å². The molecule has 6 nitrogen and oxygen atoms in total. The number of carbonyl (C=O) groups excluding carboxylic acids is 1. The maximum atomic E-state index is 12.1. The number of carbonyl (C=O) groups is 1. The van der Waals surface area contributed by atoms with Crippen LogP contribution in [0.3, 0.4) is 0 Å². The minimum Gasteiger partial charge on any atom is -0.352 e. The zero-order valence-corrected chi connectivity index (χ0v) is 14.0. The van der Waals surface area contributed by atoms with E-state index in [2.05, 4.69) is 20.2 Å². The van der Waals surface area contributed by atoms with Crippen LogP contribution in [0.25, 0.3) is 10.9 Å². The normalized spacial score (nSPS) is 18.6. The fourth-order valence-corrected chi connectivity index (χ4v) is 3.22. The van der Waals surface area contributed by atoms with Crippen LogP contribution in [0.1, 0.15) is 32.0 Å². The summed E-state index contributed by atoms with van der Waals surface area (Å²) in [6.07, 6.45) is 3.34. The van der Waals surface area contributed by atoms with Crippen molar-refractivity contribution in [1.82, 2.24) is 20.2 Å². The molecule has 1 aromatic heterocycles. The third-order valence-electron chi connectivity index (χ3n) is 4.52. The monoisotopic (exact) mass is 328 g/mol. The maximum absolute atomic E-state index is 12.1. The topological polar surface area (TPSA) is 78.1 Å². The molecule has 0 spiro atoms. The van der Waals surface area contributed by atoms with Gasteiger partial charge in [0.05, 0.1) is 10.9 Å². The summed E-state index contributed by atoms with van der Waals surface area (Å²) in [6, 6.07) is 7.62. The van der Waals surface area contributed by atoms with Crippen molar-refractivity contribution in [3.63, 3.8) is 0 Å². The molecule has 0 radical (unpaired) electrons. The molecule has 1 saturated heterocycles. The highest BCUT2D eigenvalue weighted by Gasteiger charge is 2.20. The molecule has 1 aliphatic rings. The number of hydrogen-bond donors (Lipinski definition) is 2. The Bertz CT molecular complexity index is 771. The molecule has 1 atom stereocenters. The van der Waals surface area contributed by atoms with Gasteiger partial charge >= 0.3 is 0 Å². The van der Waals surface area contributed by atoms with Crippen molar-refractivity contribution in [2.24, 2.45) is 0 Å². The summed E-state index contributed by atoms with van der Waals surface area (Å²) in [5.74, 6) is 0.834. The van der Waals surface area contributed by atoms with Gasteiger partial charge < -0.3 is 15.2 Å². The lowest BCUT2D eigenvalue weighted by Crippen LogP contribution is -2.48. The fraction of sp³-hybridized carbons (Fsp3) is 0.500. The molecule has 6 heteroatoms. The SMILES string of the molecule is CCC(=O)N[C@H]1CCCN(CCc2nc3ccccc3c(=O)[nH]2)C1. The molecule has 0 bridgehead atoms. The molecule has 0 saturated carbocycles. The van der Waals surface area contributed by atoms with E-state index in [1.165, 1.54) is 0 Å². The van der Waals surface area contributed by atoms with E-state index in [0.717, 1.165) is 43.8 Å². The van der Waals surface area contributed by atoms with Crippen LogP contribution in [0.4, 0.5) is 0 Å². The standard InChI is InChI=1S/C18H24N4O2/c1-2-17(23)19-13-6-5-10-22(12-13)11-9-16-20-15-8-4-3-7-14(15)18(24)21-16/h3-4,7-8,13H,2,5-6,9-12H2,1H3,(H,19,23)(H,20,21,24)/t13-/m0/s1. The Labute approximate surface area is 141 Å². The van der Waals surface area contributed by atoms with Crippen LogP contribution in [-0.4, -0.2) is 46.5 Å². The van der Waals surface area contributed by atoms with Crippen molar-refractivity contribution in [2.45, 2.75) is 38.6 Å². The maximum Gasteiger partial charge on any atom is 0.258 e. The molecule has 2 N–H and O–H groups in total. The summed E-state index contributed by atoms with van der Waals surface area (Å²) in [6.45, 7) is 4.59. The number of piperidine rings is 1. The minimum atomic E-state index is -0.0812. The Morgan fingerprint density at radius 2 is 2.25 bits per heavy atom. The van der Waals surface area contributed by atoms with Crippen molar-refractivity contribution in [1.29, 1.82) is 0 Å². The van der Waals surface area contributed by atoms with Crippen molar-refractivity contribution in [3.05, 3.63) is 40.4 Å². The van der Waals surface area contributed by atoms with E-state index >= 15 is 0 Å². The molecule has 2 heterocycles. The van der Waals surface area contributed by atoms with Gasteiger partial charge in [-0.05, 0) is 31.5 Å². The van der Waals surface area contributed by atoms with Gasteiger partial charge in [0, 0.05) is 32.0 Å². The smallest absolute Gasteiger partial charge is 0.258 e. The molecule has 24 heavy (non-hydrogen) atoms. The first-order chi connectivity index (χ1) is 11.7. The Hall–Kier alpha value is -2.21. The van der Waals surface area contributed by atoms with Gasteiger partial charge in [-0.25, -0.2) is 4.98 Å². The highest BCUT2D eigenvalue weighted by Crippen LogP contribution is 2.11. The summed E-state index contributed by atoms with van der Waals surface area (Å²) >= 11 is 0. The third kappa shape index (κ3) is 4.00. The highest BCUT2D eigenvalue weighted by atomic mass is 16.1. The van der Waals surface area contributed by atoms with Gasteiger partial charge in [0.25, 0.3) is 5.56 Å². The van der Waals surface area contributed by atoms with Crippen LogP contribution in [0.15, 0.2) is 29.1 Å². The Morgan fingerprint density at radius 1 is 1.42 bits per heavy atom. The second kappa shape index (κ2) is 7.57. The molecule has 1 aromatic carbocycles. The van der Waals surface area contributed by atoms with Crippen LogP contribution < -0.4 is 10.9 Å². The summed E-state index contributed by atoms with van der Waals surface area (Å²) in [5, 5.41) is 3.70. The van der Waals surface area contributed by atoms with E-state index in [9.17, 15) is 9.59 Å². The van der Waals surface area contributed by atoms with Gasteiger partial charge in [-0.2, -0.15) is 0 Å². The highest BCUT2D eigenvalue weighted by molar-refractivity contribution is 5.77. The average molecular weight is 328 g/mol. The molecule has 0 unspecified atom stereocenters. The Balaban J connectivity index is 1.61. The van der Waals surface area contributed by atoms with Gasteiger partial charge in [0.1, 0.15) is 5.82 Å². The quantitative estimate of drug-likeness (QED) is 0.871. The number of benzene rings is 1. The lowest BCUT2D eigenvalue weighted by Gasteiger charge is -2.33. The number of amides is 1. The van der Waals surface area contributed by atoms with Crippen LogP contribution in [0.5, 0.6) is 0 Å². The van der Waals surface area contributed by atoms with E-state index < -0.39 is 0 Å². The number of fused-ring (bicyclic) bond motifs is 1. The molecule has 1 aliphatic heterocycles. The van der Waals surface area contributed by atoms with Crippen molar-refractivity contribution in [3.8, 4) is 0 Å². The van der Waals surface area contributed by atoms with E-state index in [-0.39, 0.29) is 17.5 Å². The molecule has 2 aromatic rings. The zero-order valence-electron chi connectivity index (χ0n) is 14.0. The number of nitrogens with zero attached hydrogens (tertiary/aromatic N) is 2. The van der Waals surface area contributed by atoms with Crippen LogP contribution in [0, 0.1) is 0 Å². The summed E-state index contributed by atoms with van der Waals surface area (Å²) in [7, 11) is 0. The third-order valence-corrected chi connectivity index (χ3v) is 4.52. The molecular formula is C18H24N4O2. The second-order valence-electron chi connectivity index (χ2n) is 6.34. The van der Waals surface area contributed by atoms with Gasteiger partial charge in [-0.3, -0.25) is 9.59 Å². The number of H-pyrrole nitrogens is 1. The Kier molecular flexibility index (Phi) is 5.25. The minimum absolute atomic E-state index is 0.0812. The predicted octanol–water partition coefficient (Wildman–Crippen LogP) is 1.46. The zero-order chi connectivity index (χ0) is 16.9. The summed E-state index contributed by atoms with van der Waals surface area (Å²) < 4.78 is 0. The molecule has 3 rings (SSSR count). The molecule has 128 valence electrons. The lowest BCUT2D eigenvalue weighted by atomic mass is 10.1. The Morgan fingerprint density at radius 3 is 3.08 bits per heavy atom. The largest absolute Gasteiger partial charge is 0.352 e. The number of aromatic nitrogens is 2. The number of aromatic amines is 1. The van der Waals surface area contributed by atoms with E-state index in [4.69, 9.17) is 0 Å². The molecule has 1 amide bonds. The van der Waals surface area contributed by atoms with Crippen molar-refractivity contribution >= 4 is 16.8 Å². The van der Waals surface area contributed by atoms with E-state index in [0.29, 0.717) is 18.2 Å². The van der Waals surface area contributed by atoms with E-state index in [1.54, 1.807) is 6.07 Å². The molecular weight excluding hydrogens is 304 g/mol. The fourth-order valence-electron chi connectivity index (χ4n) is 3.22. The first kappa shape index (κ1) is 16.6. The summed E-state index contributed by atoms with van der Waals surface area (Å²) in [5.41, 5.74) is 0.658. The van der Waals surface area contributed by atoms with Crippen LogP contribution in [0.2, 0.25) is 0 Å². The number of rotatable bonds is 5. The van der Waals surface area contributed by atoms with E-state index in [1.807, 2.05) is 25.1 Å². The van der Waals surface area contributed by atoms with Gasteiger partial charge in [-0.15, -0.1) is 0 Å². The number of nitrogens with one attached hydrogen (secondary N) is 2. The number of hydrogen-bond acceptors (Lipinski definition) is 4.